The second kappa shape index (κ2) is 14.1. The van der Waals surface area contributed by atoms with Gasteiger partial charge in [-0.05, 0) is 42.4 Å². The van der Waals surface area contributed by atoms with Crippen molar-refractivity contribution in [3.63, 3.8) is 0 Å². The van der Waals surface area contributed by atoms with Gasteiger partial charge in [0.25, 0.3) is 5.91 Å². The minimum Gasteiger partial charge on any atom is -0.341 e. The zero-order valence-corrected chi connectivity index (χ0v) is 23.4. The van der Waals surface area contributed by atoms with Crippen LogP contribution >= 0.6 is 0 Å². The number of benzene rings is 2. The molecule has 10 heteroatoms. The van der Waals surface area contributed by atoms with Crippen molar-refractivity contribution >= 4 is 17.6 Å². The summed E-state index contributed by atoms with van der Waals surface area (Å²) in [6.07, 6.45) is 3.42. The number of nitrogens with zero attached hydrogens (tertiary/aromatic N) is 4. The molecule has 0 aliphatic rings. The van der Waals surface area contributed by atoms with Crippen LogP contribution in [0.3, 0.4) is 0 Å². The number of hydroxylamine groups is 1. The molecule has 2 N–H and O–H groups in total. The molecular weight excluding hydrogens is 520 g/mol. The Labute approximate surface area is 239 Å². The largest absolute Gasteiger partial charge is 0.341 e. The van der Waals surface area contributed by atoms with Gasteiger partial charge in [-0.1, -0.05) is 68.4 Å². The van der Waals surface area contributed by atoms with E-state index in [0.717, 1.165) is 36.5 Å². The van der Waals surface area contributed by atoms with Crippen LogP contribution in [0.5, 0.6) is 0 Å². The van der Waals surface area contributed by atoms with E-state index in [-0.39, 0.29) is 12.0 Å². The molecule has 0 fully saturated rings. The minimum atomic E-state index is -1.13. The SMILES string of the molecule is CCN(CC)Cc1ccc(-c2ccn(-c3ncccc3C(=O)N[C@@H](Cc3ccccc3)C(=O)C(=O)NOC)n2)cc1. The molecule has 0 bridgehead atoms. The van der Waals surface area contributed by atoms with Gasteiger partial charge < -0.3 is 5.32 Å². The van der Waals surface area contributed by atoms with Gasteiger partial charge in [-0.25, -0.2) is 15.1 Å². The van der Waals surface area contributed by atoms with Crippen molar-refractivity contribution in [1.29, 1.82) is 0 Å². The Morgan fingerprint density at radius 3 is 2.34 bits per heavy atom. The van der Waals surface area contributed by atoms with Gasteiger partial charge in [0.05, 0.1) is 18.4 Å². The summed E-state index contributed by atoms with van der Waals surface area (Å²) < 4.78 is 1.53. The van der Waals surface area contributed by atoms with Gasteiger partial charge in [0, 0.05) is 30.9 Å². The average molecular weight is 555 g/mol. The molecule has 212 valence electrons. The number of rotatable bonds is 13. The van der Waals surface area contributed by atoms with Crippen molar-refractivity contribution in [3.8, 4) is 17.1 Å². The molecule has 2 aromatic carbocycles. The van der Waals surface area contributed by atoms with Crippen molar-refractivity contribution in [1.82, 2.24) is 30.5 Å². The quantitative estimate of drug-likeness (QED) is 0.192. The highest BCUT2D eigenvalue weighted by Crippen LogP contribution is 2.21. The predicted molar refractivity (Wildman–Crippen MR) is 155 cm³/mol. The van der Waals surface area contributed by atoms with Gasteiger partial charge in [0.15, 0.2) is 5.82 Å². The molecule has 0 aliphatic carbocycles. The lowest BCUT2D eigenvalue weighted by Gasteiger charge is -2.18. The molecule has 2 amide bonds. The van der Waals surface area contributed by atoms with Crippen LogP contribution in [0.4, 0.5) is 0 Å². The Morgan fingerprint density at radius 1 is 0.927 bits per heavy atom. The summed E-state index contributed by atoms with van der Waals surface area (Å²) in [5, 5.41) is 7.38. The van der Waals surface area contributed by atoms with Crippen LogP contribution in [0.2, 0.25) is 0 Å². The third kappa shape index (κ3) is 7.50. The van der Waals surface area contributed by atoms with E-state index in [4.69, 9.17) is 0 Å². The standard InChI is InChI=1S/C31H34N6O4/c1-4-36(5-2)21-23-13-15-24(16-14-23)26-17-19-37(34-26)29-25(12-9-18-32-29)30(39)33-27(28(38)31(40)35-41-3)20-22-10-7-6-8-11-22/h6-19,27H,4-5,20-21H2,1-3H3,(H,33,39)(H,35,40)/t27-/m0/s1. The number of carbonyl (C=O) groups excluding carboxylic acids is 3. The summed E-state index contributed by atoms with van der Waals surface area (Å²) in [5.74, 6) is -2.06. The first-order valence-electron chi connectivity index (χ1n) is 13.5. The van der Waals surface area contributed by atoms with Crippen LogP contribution < -0.4 is 10.8 Å². The maximum absolute atomic E-state index is 13.5. The van der Waals surface area contributed by atoms with Crippen LogP contribution in [0.1, 0.15) is 35.3 Å². The topological polar surface area (TPSA) is 118 Å². The zero-order chi connectivity index (χ0) is 29.2. The van der Waals surface area contributed by atoms with E-state index in [1.807, 2.05) is 54.0 Å². The first-order valence-corrected chi connectivity index (χ1v) is 13.5. The molecule has 0 unspecified atom stereocenters. The maximum Gasteiger partial charge on any atom is 0.313 e. The van der Waals surface area contributed by atoms with Crippen LogP contribution in [-0.4, -0.2) is 63.5 Å². The molecule has 4 aromatic rings. The normalized spacial score (nSPS) is 11.7. The molecule has 10 nitrogen and oxygen atoms in total. The number of ketones is 1. The van der Waals surface area contributed by atoms with E-state index < -0.39 is 23.6 Å². The monoisotopic (exact) mass is 554 g/mol. The third-order valence-corrected chi connectivity index (χ3v) is 6.71. The molecule has 0 aliphatic heterocycles. The van der Waals surface area contributed by atoms with Gasteiger partial charge in [0.1, 0.15) is 6.04 Å². The molecule has 0 radical (unpaired) electrons. The summed E-state index contributed by atoms with van der Waals surface area (Å²) in [6.45, 7) is 7.16. The maximum atomic E-state index is 13.5. The van der Waals surface area contributed by atoms with Crippen molar-refractivity contribution in [2.45, 2.75) is 32.9 Å². The van der Waals surface area contributed by atoms with Crippen LogP contribution in [0.15, 0.2) is 85.2 Å². The van der Waals surface area contributed by atoms with Crippen molar-refractivity contribution < 1.29 is 19.2 Å². The lowest BCUT2D eigenvalue weighted by atomic mass is 10.0. The third-order valence-electron chi connectivity index (χ3n) is 6.71. The molecule has 0 spiro atoms. The van der Waals surface area contributed by atoms with E-state index >= 15 is 0 Å². The lowest BCUT2D eigenvalue weighted by molar-refractivity contribution is -0.145. The number of hydrogen-bond donors (Lipinski definition) is 2. The number of Topliss-reactive ketones (excluding diaryl/α,β-unsaturated/α-hetero) is 1. The van der Waals surface area contributed by atoms with Gasteiger partial charge in [-0.15, -0.1) is 0 Å². The molecule has 41 heavy (non-hydrogen) atoms. The first-order chi connectivity index (χ1) is 19.9. The number of amides is 2. The van der Waals surface area contributed by atoms with Gasteiger partial charge in [-0.2, -0.15) is 5.10 Å². The minimum absolute atomic E-state index is 0.119. The number of carbonyl (C=O) groups is 3. The number of aromatic nitrogens is 3. The number of hydrogen-bond acceptors (Lipinski definition) is 7. The van der Waals surface area contributed by atoms with E-state index in [1.165, 1.54) is 17.4 Å². The van der Waals surface area contributed by atoms with Gasteiger partial charge in [0.2, 0.25) is 5.78 Å². The van der Waals surface area contributed by atoms with Crippen LogP contribution in [-0.2, 0) is 27.4 Å². The van der Waals surface area contributed by atoms with E-state index in [2.05, 4.69) is 51.1 Å². The lowest BCUT2D eigenvalue weighted by Crippen LogP contribution is -2.48. The van der Waals surface area contributed by atoms with Gasteiger partial charge in [-0.3, -0.25) is 24.1 Å². The molecular formula is C31H34N6O4. The predicted octanol–water partition coefficient (Wildman–Crippen LogP) is 3.36. The molecule has 2 aromatic heterocycles. The Kier molecular flexibility index (Phi) is 10.1. The highest BCUT2D eigenvalue weighted by molar-refractivity contribution is 6.38. The second-order valence-electron chi connectivity index (χ2n) is 9.39. The van der Waals surface area contributed by atoms with Crippen LogP contribution in [0.25, 0.3) is 17.1 Å². The number of nitrogens with one attached hydrogen (secondary N) is 2. The molecule has 0 saturated carbocycles. The van der Waals surface area contributed by atoms with Crippen molar-refractivity contribution in [3.05, 3.63) is 102 Å². The molecule has 4 rings (SSSR count). The van der Waals surface area contributed by atoms with E-state index in [1.54, 1.807) is 24.5 Å². The second-order valence-corrected chi connectivity index (χ2v) is 9.39. The Bertz CT molecular complexity index is 1470. The van der Waals surface area contributed by atoms with Crippen molar-refractivity contribution in [2.75, 3.05) is 20.2 Å². The summed E-state index contributed by atoms with van der Waals surface area (Å²) in [5.41, 5.74) is 5.90. The molecule has 0 saturated heterocycles. The Hall–Kier alpha value is -4.67. The van der Waals surface area contributed by atoms with Crippen molar-refractivity contribution in [2.24, 2.45) is 0 Å². The highest BCUT2D eigenvalue weighted by atomic mass is 16.6. The summed E-state index contributed by atoms with van der Waals surface area (Å²) in [7, 11) is 1.23. The Morgan fingerprint density at radius 2 is 1.66 bits per heavy atom. The van der Waals surface area contributed by atoms with Crippen LogP contribution in [0, 0.1) is 0 Å². The number of pyridine rings is 1. The smallest absolute Gasteiger partial charge is 0.313 e. The highest BCUT2D eigenvalue weighted by Gasteiger charge is 2.29. The molecule has 2 heterocycles. The average Bonchev–Trinajstić information content (AvgIpc) is 3.50. The first kappa shape index (κ1) is 29.3. The molecule has 1 atom stereocenters. The fraction of sp³-hybridized carbons (Fsp3) is 0.258. The summed E-state index contributed by atoms with van der Waals surface area (Å²) in [4.78, 5) is 50.0. The Balaban J connectivity index is 1.55. The summed E-state index contributed by atoms with van der Waals surface area (Å²) in [6, 6.07) is 21.3. The summed E-state index contributed by atoms with van der Waals surface area (Å²) >= 11 is 0. The fourth-order valence-corrected chi connectivity index (χ4v) is 4.44. The van der Waals surface area contributed by atoms with E-state index in [9.17, 15) is 14.4 Å². The zero-order valence-electron chi connectivity index (χ0n) is 23.4. The van der Waals surface area contributed by atoms with E-state index in [0.29, 0.717) is 5.82 Å². The fourth-order valence-electron chi connectivity index (χ4n) is 4.44. The van der Waals surface area contributed by atoms with Gasteiger partial charge >= 0.3 is 5.91 Å².